The molecule has 4 saturated heterocycles. The Kier molecular flexibility index (Phi) is 12.6. The van der Waals surface area contributed by atoms with Crippen LogP contribution in [-0.2, 0) is 61.8 Å². The first-order valence-electron chi connectivity index (χ1n) is 18.2. The van der Waals surface area contributed by atoms with E-state index in [4.69, 9.17) is 52.1 Å². The average Bonchev–Trinajstić information content (AvgIpc) is 3.39. The van der Waals surface area contributed by atoms with Gasteiger partial charge in [0.2, 0.25) is 5.79 Å². The van der Waals surface area contributed by atoms with Crippen molar-refractivity contribution in [1.82, 2.24) is 0 Å². The fourth-order valence-electron chi connectivity index (χ4n) is 6.59. The fourth-order valence-corrected chi connectivity index (χ4v) is 6.59. The van der Waals surface area contributed by atoms with E-state index in [-0.39, 0.29) is 6.61 Å². The highest BCUT2D eigenvalue weighted by molar-refractivity contribution is 5.88. The molecule has 0 aromatic heterocycles. The molecule has 4 aliphatic heterocycles. The minimum Gasteiger partial charge on any atom is -0.460 e. The average molecular weight is 799 g/mol. The lowest BCUT2D eigenvalue weighted by Crippen LogP contribution is -2.69. The number of ether oxygens (including phenoxy) is 11. The molecule has 0 aliphatic carbocycles. The number of rotatable bonds is 9. The molecular formula is C40H46O17. The number of carbonyl (C=O) groups is 4. The van der Waals surface area contributed by atoms with Gasteiger partial charge in [-0.15, -0.1) is 0 Å². The number of esters is 4. The summed E-state index contributed by atoms with van der Waals surface area (Å²) < 4.78 is 64.3. The van der Waals surface area contributed by atoms with Crippen LogP contribution in [-0.4, -0.2) is 120 Å². The van der Waals surface area contributed by atoms with Crippen molar-refractivity contribution in [3.63, 3.8) is 0 Å². The number of carbonyl (C=O) groups excluding carboxylic acids is 4. The van der Waals surface area contributed by atoms with Crippen LogP contribution < -0.4 is 9.47 Å². The van der Waals surface area contributed by atoms with Crippen molar-refractivity contribution in [2.45, 2.75) is 108 Å². The van der Waals surface area contributed by atoms with Gasteiger partial charge < -0.3 is 62.3 Å². The molecule has 2 aromatic rings. The summed E-state index contributed by atoms with van der Waals surface area (Å²) in [6.45, 7) is 8.17. The molecule has 0 radical (unpaired) electrons. The molecule has 4 aliphatic rings. The van der Waals surface area contributed by atoms with E-state index in [2.05, 4.69) is 0 Å². The zero-order valence-electron chi connectivity index (χ0n) is 32.2. The molecule has 6 rings (SSSR count). The van der Waals surface area contributed by atoms with E-state index in [1.54, 1.807) is 76.2 Å². The summed E-state index contributed by atoms with van der Waals surface area (Å²) in [7, 11) is 0. The number of benzene rings is 2. The van der Waals surface area contributed by atoms with Crippen LogP contribution in [0.25, 0.3) is 12.2 Å². The van der Waals surface area contributed by atoms with Gasteiger partial charge in [-0.1, -0.05) is 24.3 Å². The van der Waals surface area contributed by atoms with Gasteiger partial charge in [-0.2, -0.15) is 0 Å². The smallest absolute Gasteiger partial charge is 0.331 e. The number of aliphatic hydroxyl groups is 2. The van der Waals surface area contributed by atoms with Gasteiger partial charge in [-0.3, -0.25) is 9.59 Å². The maximum Gasteiger partial charge on any atom is 0.331 e. The summed E-state index contributed by atoms with van der Waals surface area (Å²) in [5.41, 5.74) is 1.17. The summed E-state index contributed by atoms with van der Waals surface area (Å²) in [6.07, 6.45) is -5.04. The maximum atomic E-state index is 13.4. The van der Waals surface area contributed by atoms with Crippen molar-refractivity contribution in [2.24, 2.45) is 0 Å². The zero-order valence-corrected chi connectivity index (χ0v) is 32.2. The third kappa shape index (κ3) is 10.5. The van der Waals surface area contributed by atoms with Gasteiger partial charge in [-0.05, 0) is 75.2 Å². The van der Waals surface area contributed by atoms with Gasteiger partial charge in [0.1, 0.15) is 61.3 Å². The quantitative estimate of drug-likeness (QED) is 0.212. The van der Waals surface area contributed by atoms with Crippen molar-refractivity contribution in [3.8, 4) is 11.5 Å². The Morgan fingerprint density at radius 2 is 1.26 bits per heavy atom. The zero-order chi connectivity index (χ0) is 41.1. The molecule has 0 unspecified atom stereocenters. The molecule has 2 N–H and O–H groups in total. The van der Waals surface area contributed by atoms with Crippen molar-refractivity contribution >= 4 is 36.0 Å². The Morgan fingerprint density at radius 1 is 0.719 bits per heavy atom. The lowest BCUT2D eigenvalue weighted by Gasteiger charge is -2.53. The van der Waals surface area contributed by atoms with Crippen LogP contribution in [0.15, 0.2) is 60.7 Å². The fraction of sp³-hybridized carbons (Fsp3) is 0.500. The van der Waals surface area contributed by atoms with E-state index in [9.17, 15) is 29.4 Å². The van der Waals surface area contributed by atoms with Gasteiger partial charge in [0.05, 0.1) is 6.61 Å². The van der Waals surface area contributed by atoms with Crippen LogP contribution in [0.3, 0.4) is 0 Å². The number of aliphatic hydroxyl groups excluding tert-OH is 2. The Balaban J connectivity index is 1.22. The van der Waals surface area contributed by atoms with E-state index < -0.39 is 103 Å². The number of hydrogen-bond donors (Lipinski definition) is 2. The first-order valence-corrected chi connectivity index (χ1v) is 18.2. The molecule has 57 heavy (non-hydrogen) atoms. The van der Waals surface area contributed by atoms with Crippen molar-refractivity contribution < 1.29 is 81.5 Å². The van der Waals surface area contributed by atoms with Crippen LogP contribution in [0.1, 0.15) is 52.7 Å². The van der Waals surface area contributed by atoms with Gasteiger partial charge in [0, 0.05) is 26.0 Å². The second-order valence-corrected chi connectivity index (χ2v) is 14.7. The van der Waals surface area contributed by atoms with Crippen LogP contribution in [0.5, 0.6) is 11.5 Å². The third-order valence-corrected chi connectivity index (χ3v) is 9.20. The van der Waals surface area contributed by atoms with Gasteiger partial charge in [0.15, 0.2) is 24.0 Å². The van der Waals surface area contributed by atoms with Gasteiger partial charge >= 0.3 is 23.9 Å². The molecule has 9 atom stereocenters. The first-order chi connectivity index (χ1) is 26.9. The summed E-state index contributed by atoms with van der Waals surface area (Å²) in [4.78, 5) is 48.7. The van der Waals surface area contributed by atoms with Crippen LogP contribution >= 0.6 is 0 Å². The first kappa shape index (κ1) is 42.1. The summed E-state index contributed by atoms with van der Waals surface area (Å²) in [5, 5.41) is 23.3. The molecule has 17 nitrogen and oxygen atoms in total. The van der Waals surface area contributed by atoms with E-state index in [1.807, 2.05) is 0 Å². The highest BCUT2D eigenvalue weighted by Gasteiger charge is 2.64. The highest BCUT2D eigenvalue weighted by Crippen LogP contribution is 2.43. The van der Waals surface area contributed by atoms with E-state index in [1.165, 1.54) is 26.0 Å². The van der Waals surface area contributed by atoms with Crippen molar-refractivity contribution in [3.05, 3.63) is 71.8 Å². The predicted molar refractivity (Wildman–Crippen MR) is 194 cm³/mol. The summed E-state index contributed by atoms with van der Waals surface area (Å²) in [6, 6.07) is 12.7. The minimum absolute atomic E-state index is 0.0329. The molecule has 2 aromatic carbocycles. The molecule has 0 saturated carbocycles. The topological polar surface area (TPSA) is 210 Å². The summed E-state index contributed by atoms with van der Waals surface area (Å²) in [5.74, 6) is -6.55. The van der Waals surface area contributed by atoms with E-state index >= 15 is 0 Å². The Bertz CT molecular complexity index is 1840. The van der Waals surface area contributed by atoms with Crippen molar-refractivity contribution in [2.75, 3.05) is 19.8 Å². The van der Waals surface area contributed by atoms with Gasteiger partial charge in [-0.25, -0.2) is 9.59 Å². The Hall–Kier alpha value is -4.56. The predicted octanol–water partition coefficient (Wildman–Crippen LogP) is 2.58. The molecule has 17 heteroatoms. The second kappa shape index (κ2) is 17.1. The molecule has 0 bridgehead atoms. The van der Waals surface area contributed by atoms with Crippen molar-refractivity contribution in [1.29, 1.82) is 0 Å². The maximum absolute atomic E-state index is 13.4. The van der Waals surface area contributed by atoms with Crippen LogP contribution in [0.4, 0.5) is 0 Å². The standard InChI is InChI=1S/C40H46O17/c1-22(41)50-26-13-7-24(8-14-26)11-17-30(43)47-19-28-32(45)36(53-31(44)18-12-25-9-15-27(16-10-25)51-23(2)42)40(54-28)21-49-39(5,6)56-35-33(46)34-29(52-37(35)57-40)20-48-38(3,4)55-34/h7-18,28-29,32-37,45-46H,19-21H2,1-6H3/b17-11+,18-12+/t28-,29-,32-,33+,34-,35-,36+,37-,40+/m1/s1. The molecule has 308 valence electrons. The normalized spacial score (nSPS) is 31.8. The lowest BCUT2D eigenvalue weighted by atomic mass is 9.96. The largest absolute Gasteiger partial charge is 0.460 e. The SMILES string of the molecule is CC(=O)Oc1ccc(/C=C/C(=O)OC[C@H]2O[C@]3(COC(C)(C)O[C@H]4[C@H](O[C@@H]5COC(C)(C)O[C@H]5[C@@H]4O)O3)[C@@H](OC(=O)/C=C/c3ccc(OC(C)=O)cc3)[C@@H]2O)cc1. The van der Waals surface area contributed by atoms with Crippen LogP contribution in [0.2, 0.25) is 0 Å². The van der Waals surface area contributed by atoms with Gasteiger partial charge in [0.25, 0.3) is 0 Å². The Morgan fingerprint density at radius 3 is 1.84 bits per heavy atom. The van der Waals surface area contributed by atoms with Crippen LogP contribution in [0, 0.1) is 0 Å². The highest BCUT2D eigenvalue weighted by atomic mass is 16.9. The molecule has 0 amide bonds. The Labute approximate surface area is 328 Å². The third-order valence-electron chi connectivity index (χ3n) is 9.20. The number of hydrogen-bond acceptors (Lipinski definition) is 17. The van der Waals surface area contributed by atoms with E-state index in [0.717, 1.165) is 12.2 Å². The lowest BCUT2D eigenvalue weighted by molar-refractivity contribution is -0.454. The monoisotopic (exact) mass is 798 g/mol. The minimum atomic E-state index is -2.10. The molecular weight excluding hydrogens is 752 g/mol. The number of fused-ring (bicyclic) bond motifs is 2. The molecule has 4 fully saturated rings. The molecule has 4 heterocycles. The second-order valence-electron chi connectivity index (χ2n) is 14.7. The molecule has 1 spiro atoms. The summed E-state index contributed by atoms with van der Waals surface area (Å²) >= 11 is 0. The van der Waals surface area contributed by atoms with E-state index in [0.29, 0.717) is 22.6 Å².